The molecule has 1 heterocycles. The van der Waals surface area contributed by atoms with Crippen molar-refractivity contribution in [1.29, 1.82) is 0 Å². The summed E-state index contributed by atoms with van der Waals surface area (Å²) in [6, 6.07) is 8.53. The topological polar surface area (TPSA) is 48.9 Å². The van der Waals surface area contributed by atoms with E-state index in [0.717, 1.165) is 25.6 Å². The number of ether oxygens (including phenoxy) is 1. The summed E-state index contributed by atoms with van der Waals surface area (Å²) >= 11 is 0. The van der Waals surface area contributed by atoms with Crippen molar-refractivity contribution in [2.45, 2.75) is 58.8 Å². The van der Waals surface area contributed by atoms with Gasteiger partial charge in [0.15, 0.2) is 5.96 Å². The highest BCUT2D eigenvalue weighted by molar-refractivity contribution is 5.79. The Morgan fingerprint density at radius 3 is 2.54 bits per heavy atom. The minimum Gasteiger partial charge on any atom is -0.371 e. The molecule has 5 nitrogen and oxygen atoms in total. The minimum absolute atomic E-state index is 0.116. The maximum atomic E-state index is 5.87. The Morgan fingerprint density at radius 1 is 1.12 bits per heavy atom. The van der Waals surface area contributed by atoms with E-state index in [9.17, 15) is 0 Å². The Hall–Kier alpha value is -1.59. The fourth-order valence-corrected chi connectivity index (χ4v) is 3.05. The molecule has 0 aliphatic carbocycles. The van der Waals surface area contributed by atoms with Crippen LogP contribution in [0.5, 0.6) is 0 Å². The predicted molar refractivity (Wildman–Crippen MR) is 109 cm³/mol. The monoisotopic (exact) mass is 360 g/mol. The van der Waals surface area contributed by atoms with Crippen molar-refractivity contribution >= 4 is 5.96 Å². The Morgan fingerprint density at radius 2 is 1.85 bits per heavy atom. The van der Waals surface area contributed by atoms with Gasteiger partial charge in [-0.1, -0.05) is 30.7 Å². The third-order valence-corrected chi connectivity index (χ3v) is 4.52. The van der Waals surface area contributed by atoms with E-state index < -0.39 is 0 Å². The Bertz CT molecular complexity index is 559. The summed E-state index contributed by atoms with van der Waals surface area (Å²) in [5.74, 6) is 0.860. The van der Waals surface area contributed by atoms with Crippen LogP contribution in [0, 0.1) is 0 Å². The zero-order valence-electron chi connectivity index (χ0n) is 17.0. The van der Waals surface area contributed by atoms with Gasteiger partial charge in [-0.2, -0.15) is 0 Å². The van der Waals surface area contributed by atoms with Crippen LogP contribution < -0.4 is 10.6 Å². The molecular weight excluding hydrogens is 324 g/mol. The second-order valence-corrected chi connectivity index (χ2v) is 7.98. The molecule has 0 spiro atoms. The lowest BCUT2D eigenvalue weighted by Crippen LogP contribution is -2.42. The van der Waals surface area contributed by atoms with Crippen LogP contribution in [0.4, 0.5) is 0 Å². The van der Waals surface area contributed by atoms with Crippen LogP contribution >= 0.6 is 0 Å². The number of nitrogens with one attached hydrogen (secondary N) is 2. The maximum absolute atomic E-state index is 5.87. The summed E-state index contributed by atoms with van der Waals surface area (Å²) in [5, 5.41) is 6.82. The van der Waals surface area contributed by atoms with Crippen molar-refractivity contribution in [3.8, 4) is 0 Å². The van der Waals surface area contributed by atoms with Crippen LogP contribution in [-0.4, -0.2) is 49.7 Å². The highest BCUT2D eigenvalue weighted by Gasteiger charge is 2.11. The first-order valence-corrected chi connectivity index (χ1v) is 9.85. The number of aliphatic imine (C=N–C) groups is 1. The number of rotatable bonds is 7. The quantitative estimate of drug-likeness (QED) is 0.579. The first-order chi connectivity index (χ1) is 12.5. The molecule has 0 saturated carbocycles. The van der Waals surface area contributed by atoms with E-state index in [-0.39, 0.29) is 5.60 Å². The van der Waals surface area contributed by atoms with Gasteiger partial charge in [0.05, 0.1) is 12.2 Å². The molecule has 1 fully saturated rings. The molecule has 0 bridgehead atoms. The molecule has 2 rings (SSSR count). The third-order valence-electron chi connectivity index (χ3n) is 4.52. The first-order valence-electron chi connectivity index (χ1n) is 9.85. The Labute approximate surface area is 159 Å². The average molecular weight is 361 g/mol. The Kier molecular flexibility index (Phi) is 8.39. The van der Waals surface area contributed by atoms with Crippen LogP contribution in [-0.2, 0) is 17.9 Å². The summed E-state index contributed by atoms with van der Waals surface area (Å²) in [6.07, 6.45) is 4.05. The summed E-state index contributed by atoms with van der Waals surface area (Å²) in [5.41, 5.74) is 2.32. The number of likely N-dealkylation sites (tertiary alicyclic amines) is 1. The fraction of sp³-hybridized carbons (Fsp3) is 0.667. The number of piperidine rings is 1. The first kappa shape index (κ1) is 20.7. The van der Waals surface area contributed by atoms with Gasteiger partial charge in [0, 0.05) is 26.7 Å². The molecule has 1 aromatic carbocycles. The molecule has 0 amide bonds. The van der Waals surface area contributed by atoms with Gasteiger partial charge in [-0.25, -0.2) is 0 Å². The second-order valence-electron chi connectivity index (χ2n) is 7.98. The molecule has 1 aliphatic heterocycles. The highest BCUT2D eigenvalue weighted by atomic mass is 16.5. The van der Waals surface area contributed by atoms with E-state index in [1.54, 1.807) is 0 Å². The smallest absolute Gasteiger partial charge is 0.191 e. The van der Waals surface area contributed by atoms with Gasteiger partial charge in [-0.15, -0.1) is 0 Å². The van der Waals surface area contributed by atoms with Gasteiger partial charge in [-0.05, 0) is 57.8 Å². The third kappa shape index (κ3) is 8.19. The number of hydrogen-bond donors (Lipinski definition) is 2. The molecule has 1 saturated heterocycles. The minimum atomic E-state index is -0.116. The second kappa shape index (κ2) is 10.5. The van der Waals surface area contributed by atoms with E-state index in [1.807, 2.05) is 7.05 Å². The molecule has 0 radical (unpaired) electrons. The molecule has 1 aliphatic rings. The molecular formula is C21H36N4O. The predicted octanol–water partition coefficient (Wildman–Crippen LogP) is 3.15. The lowest BCUT2D eigenvalue weighted by molar-refractivity contribution is -0.0149. The molecule has 0 atom stereocenters. The van der Waals surface area contributed by atoms with E-state index in [4.69, 9.17) is 4.74 Å². The van der Waals surface area contributed by atoms with Crippen molar-refractivity contribution < 1.29 is 4.74 Å². The van der Waals surface area contributed by atoms with Crippen LogP contribution in [0.2, 0.25) is 0 Å². The van der Waals surface area contributed by atoms with E-state index in [2.05, 4.69) is 65.6 Å². The van der Waals surface area contributed by atoms with Crippen LogP contribution in [0.15, 0.2) is 29.3 Å². The fourth-order valence-electron chi connectivity index (χ4n) is 3.05. The summed E-state index contributed by atoms with van der Waals surface area (Å²) in [7, 11) is 1.82. The van der Waals surface area contributed by atoms with Crippen molar-refractivity contribution in [2.24, 2.45) is 4.99 Å². The zero-order valence-corrected chi connectivity index (χ0v) is 17.0. The SMILES string of the molecule is CN=C(NCCN1CCCCC1)NCc1cccc(COC(C)(C)C)c1. The average Bonchev–Trinajstić information content (AvgIpc) is 2.63. The molecule has 1 aromatic rings. The number of guanidine groups is 1. The van der Waals surface area contributed by atoms with E-state index in [1.165, 1.54) is 43.5 Å². The van der Waals surface area contributed by atoms with Crippen molar-refractivity contribution in [3.63, 3.8) is 0 Å². The Balaban J connectivity index is 1.73. The molecule has 146 valence electrons. The maximum Gasteiger partial charge on any atom is 0.191 e. The lowest BCUT2D eigenvalue weighted by Gasteiger charge is -2.26. The van der Waals surface area contributed by atoms with Crippen molar-refractivity contribution in [1.82, 2.24) is 15.5 Å². The molecule has 0 aromatic heterocycles. The van der Waals surface area contributed by atoms with Crippen LogP contribution in [0.1, 0.15) is 51.2 Å². The summed E-state index contributed by atoms with van der Waals surface area (Å²) < 4.78 is 5.87. The van der Waals surface area contributed by atoms with Gasteiger partial charge >= 0.3 is 0 Å². The molecule has 2 N–H and O–H groups in total. The number of benzene rings is 1. The molecule has 5 heteroatoms. The van der Waals surface area contributed by atoms with Gasteiger partial charge in [-0.3, -0.25) is 4.99 Å². The van der Waals surface area contributed by atoms with Gasteiger partial charge in [0.2, 0.25) is 0 Å². The van der Waals surface area contributed by atoms with Gasteiger partial charge < -0.3 is 20.3 Å². The van der Waals surface area contributed by atoms with Crippen molar-refractivity contribution in [2.75, 3.05) is 33.2 Å². The van der Waals surface area contributed by atoms with Crippen LogP contribution in [0.3, 0.4) is 0 Å². The van der Waals surface area contributed by atoms with E-state index >= 15 is 0 Å². The number of nitrogens with zero attached hydrogens (tertiary/aromatic N) is 2. The summed E-state index contributed by atoms with van der Waals surface area (Å²) in [4.78, 5) is 6.86. The lowest BCUT2D eigenvalue weighted by atomic mass is 10.1. The zero-order chi connectivity index (χ0) is 18.8. The standard InChI is InChI=1S/C21H36N4O/c1-21(2,3)26-17-19-10-8-9-18(15-19)16-24-20(22-4)23-11-14-25-12-6-5-7-13-25/h8-10,15H,5-7,11-14,16-17H2,1-4H3,(H2,22,23,24). The van der Waals surface area contributed by atoms with Crippen molar-refractivity contribution in [3.05, 3.63) is 35.4 Å². The molecule has 0 unspecified atom stereocenters. The largest absolute Gasteiger partial charge is 0.371 e. The van der Waals surface area contributed by atoms with Gasteiger partial charge in [0.1, 0.15) is 0 Å². The number of hydrogen-bond acceptors (Lipinski definition) is 3. The molecule has 26 heavy (non-hydrogen) atoms. The van der Waals surface area contributed by atoms with Gasteiger partial charge in [0.25, 0.3) is 0 Å². The normalized spacial score (nSPS) is 16.5. The van der Waals surface area contributed by atoms with E-state index in [0.29, 0.717) is 6.61 Å². The van der Waals surface area contributed by atoms with Crippen LogP contribution in [0.25, 0.3) is 0 Å². The summed E-state index contributed by atoms with van der Waals surface area (Å²) in [6.45, 7) is 12.1. The highest BCUT2D eigenvalue weighted by Crippen LogP contribution is 2.13.